The van der Waals surface area contributed by atoms with Gasteiger partial charge in [-0.25, -0.2) is 8.42 Å². The molecule has 22 heavy (non-hydrogen) atoms. The number of rotatable bonds is 5. The fourth-order valence-electron chi connectivity index (χ4n) is 1.70. The summed E-state index contributed by atoms with van der Waals surface area (Å²) < 4.78 is 28.6. The lowest BCUT2D eigenvalue weighted by Crippen LogP contribution is -2.31. The smallest absolute Gasteiger partial charge is 0.242 e. The Bertz CT molecular complexity index is 757. The van der Waals surface area contributed by atoms with E-state index in [1.54, 1.807) is 36.4 Å². The molecule has 2 aromatic rings. The van der Waals surface area contributed by atoms with Gasteiger partial charge in [0.05, 0.1) is 5.69 Å². The predicted octanol–water partition coefficient (Wildman–Crippen LogP) is 2.85. The highest BCUT2D eigenvalue weighted by Gasteiger charge is 2.24. The zero-order valence-electron chi connectivity index (χ0n) is 12.3. The van der Waals surface area contributed by atoms with Crippen LogP contribution in [-0.2, 0) is 14.6 Å². The fraction of sp³-hybridized carbons (Fsp3) is 0.188. The van der Waals surface area contributed by atoms with Crippen molar-refractivity contribution in [3.63, 3.8) is 0 Å². The normalized spacial score (nSPS) is 12.5. The highest BCUT2D eigenvalue weighted by molar-refractivity contribution is 7.92. The van der Waals surface area contributed by atoms with Crippen LogP contribution in [-0.4, -0.2) is 25.8 Å². The van der Waals surface area contributed by atoms with E-state index in [1.165, 1.54) is 6.92 Å². The lowest BCUT2D eigenvalue weighted by Gasteiger charge is -2.14. The molecular formula is C16H17NO4S. The first-order valence-corrected chi connectivity index (χ1v) is 8.65. The lowest BCUT2D eigenvalue weighted by molar-refractivity contribution is -0.115. The molecule has 2 aromatic carbocycles. The largest absolute Gasteiger partial charge is 0.455 e. The Morgan fingerprint density at radius 1 is 1.05 bits per heavy atom. The second-order valence-electron chi connectivity index (χ2n) is 4.87. The third kappa shape index (κ3) is 4.08. The summed E-state index contributed by atoms with van der Waals surface area (Å²) in [5.74, 6) is 0.481. The van der Waals surface area contributed by atoms with E-state index in [0.717, 1.165) is 6.26 Å². The highest BCUT2D eigenvalue weighted by Crippen LogP contribution is 2.29. The lowest BCUT2D eigenvalue weighted by atomic mass is 10.2. The van der Waals surface area contributed by atoms with Crippen molar-refractivity contribution in [2.75, 3.05) is 11.6 Å². The number of hydrogen-bond acceptors (Lipinski definition) is 4. The van der Waals surface area contributed by atoms with Gasteiger partial charge in [0.2, 0.25) is 5.91 Å². The van der Waals surface area contributed by atoms with Crippen LogP contribution in [0.15, 0.2) is 54.6 Å². The molecule has 0 aromatic heterocycles. The van der Waals surface area contributed by atoms with Crippen LogP contribution in [0.3, 0.4) is 0 Å². The molecule has 0 heterocycles. The van der Waals surface area contributed by atoms with E-state index in [-0.39, 0.29) is 0 Å². The second kappa shape index (κ2) is 6.62. The zero-order valence-corrected chi connectivity index (χ0v) is 13.1. The van der Waals surface area contributed by atoms with Crippen molar-refractivity contribution in [3.05, 3.63) is 54.6 Å². The molecule has 6 heteroatoms. The Morgan fingerprint density at radius 3 is 2.27 bits per heavy atom. The maximum absolute atomic E-state index is 12.0. The standard InChI is InChI=1S/C16H17NO4S/c1-12(22(2,19)20)16(18)17-14-10-6-7-11-15(14)21-13-8-4-3-5-9-13/h3-12H,1-2H3,(H,17,18). The molecule has 1 atom stereocenters. The molecule has 0 saturated heterocycles. The summed E-state index contributed by atoms with van der Waals surface area (Å²) in [5, 5.41) is 1.47. The summed E-state index contributed by atoms with van der Waals surface area (Å²) in [4.78, 5) is 12.0. The van der Waals surface area contributed by atoms with Crippen molar-refractivity contribution in [3.8, 4) is 11.5 Å². The van der Waals surface area contributed by atoms with Crippen LogP contribution in [0.1, 0.15) is 6.92 Å². The SMILES string of the molecule is CC(C(=O)Nc1ccccc1Oc1ccccc1)S(C)(=O)=O. The Kier molecular flexibility index (Phi) is 4.82. The van der Waals surface area contributed by atoms with E-state index in [9.17, 15) is 13.2 Å². The van der Waals surface area contributed by atoms with Gasteiger partial charge in [-0.1, -0.05) is 30.3 Å². The number of carbonyl (C=O) groups excluding carboxylic acids is 1. The van der Waals surface area contributed by atoms with Crippen molar-refractivity contribution in [2.24, 2.45) is 0 Å². The maximum atomic E-state index is 12.0. The molecule has 1 amide bonds. The number of nitrogens with one attached hydrogen (secondary N) is 1. The molecule has 0 aliphatic heterocycles. The summed E-state index contributed by atoms with van der Waals surface area (Å²) in [6, 6.07) is 16.0. The van der Waals surface area contributed by atoms with Gasteiger partial charge >= 0.3 is 0 Å². The molecule has 1 N–H and O–H groups in total. The molecule has 0 aliphatic carbocycles. The molecule has 2 rings (SSSR count). The van der Waals surface area contributed by atoms with Gasteiger partial charge in [-0.15, -0.1) is 0 Å². The van der Waals surface area contributed by atoms with Gasteiger partial charge in [-0.2, -0.15) is 0 Å². The molecule has 116 valence electrons. The third-order valence-electron chi connectivity index (χ3n) is 3.13. The highest BCUT2D eigenvalue weighted by atomic mass is 32.2. The predicted molar refractivity (Wildman–Crippen MR) is 85.9 cm³/mol. The fourth-order valence-corrected chi connectivity index (χ4v) is 2.15. The van der Waals surface area contributed by atoms with Gasteiger partial charge in [-0.05, 0) is 31.2 Å². The Balaban J connectivity index is 2.20. The van der Waals surface area contributed by atoms with E-state index in [4.69, 9.17) is 4.74 Å². The number of sulfone groups is 1. The maximum Gasteiger partial charge on any atom is 0.242 e. The number of benzene rings is 2. The van der Waals surface area contributed by atoms with Gasteiger partial charge < -0.3 is 10.1 Å². The number of hydrogen-bond donors (Lipinski definition) is 1. The van der Waals surface area contributed by atoms with Crippen molar-refractivity contribution < 1.29 is 17.9 Å². The van der Waals surface area contributed by atoms with Crippen LogP contribution in [0.25, 0.3) is 0 Å². The minimum atomic E-state index is -3.45. The van der Waals surface area contributed by atoms with E-state index < -0.39 is 21.0 Å². The van der Waals surface area contributed by atoms with Crippen molar-refractivity contribution >= 4 is 21.4 Å². The topological polar surface area (TPSA) is 72.5 Å². The molecule has 5 nitrogen and oxygen atoms in total. The van der Waals surface area contributed by atoms with Gasteiger partial charge in [0.1, 0.15) is 11.0 Å². The number of carbonyl (C=O) groups is 1. The van der Waals surface area contributed by atoms with Crippen LogP contribution in [0.5, 0.6) is 11.5 Å². The van der Waals surface area contributed by atoms with E-state index >= 15 is 0 Å². The number of amides is 1. The number of anilines is 1. The summed E-state index contributed by atoms with van der Waals surface area (Å²) >= 11 is 0. The molecule has 0 bridgehead atoms. The van der Waals surface area contributed by atoms with Crippen LogP contribution < -0.4 is 10.1 Å². The van der Waals surface area contributed by atoms with Crippen LogP contribution in [0, 0.1) is 0 Å². The van der Waals surface area contributed by atoms with Crippen molar-refractivity contribution in [2.45, 2.75) is 12.2 Å². The number of ether oxygens (including phenoxy) is 1. The first-order chi connectivity index (χ1) is 10.4. The molecule has 0 aliphatic rings. The average molecular weight is 319 g/mol. The van der Waals surface area contributed by atoms with Crippen LogP contribution >= 0.6 is 0 Å². The second-order valence-corrected chi connectivity index (χ2v) is 7.24. The summed E-state index contributed by atoms with van der Waals surface area (Å²) in [5.41, 5.74) is 0.423. The Labute approximate surface area is 129 Å². The Hall–Kier alpha value is -2.34. The number of para-hydroxylation sites is 3. The minimum absolute atomic E-state index is 0.423. The first-order valence-electron chi connectivity index (χ1n) is 6.69. The molecule has 0 radical (unpaired) electrons. The third-order valence-corrected chi connectivity index (χ3v) is 4.63. The quantitative estimate of drug-likeness (QED) is 0.920. The minimum Gasteiger partial charge on any atom is -0.455 e. The van der Waals surface area contributed by atoms with Gasteiger partial charge in [0.25, 0.3) is 0 Å². The molecule has 0 spiro atoms. The van der Waals surface area contributed by atoms with E-state index in [0.29, 0.717) is 17.2 Å². The molecule has 0 fully saturated rings. The summed E-state index contributed by atoms with van der Waals surface area (Å²) in [6.45, 7) is 1.35. The van der Waals surface area contributed by atoms with Crippen LogP contribution in [0.2, 0.25) is 0 Å². The first kappa shape index (κ1) is 16.0. The van der Waals surface area contributed by atoms with Gasteiger partial charge in [0, 0.05) is 6.26 Å². The van der Waals surface area contributed by atoms with E-state index in [2.05, 4.69) is 5.32 Å². The molecule has 1 unspecified atom stereocenters. The van der Waals surface area contributed by atoms with Gasteiger partial charge in [-0.3, -0.25) is 4.79 Å². The van der Waals surface area contributed by atoms with Crippen LogP contribution in [0.4, 0.5) is 5.69 Å². The molecule has 0 saturated carbocycles. The zero-order chi connectivity index (χ0) is 16.2. The van der Waals surface area contributed by atoms with Crippen molar-refractivity contribution in [1.29, 1.82) is 0 Å². The van der Waals surface area contributed by atoms with Gasteiger partial charge in [0.15, 0.2) is 15.6 Å². The summed E-state index contributed by atoms with van der Waals surface area (Å²) in [7, 11) is -3.45. The summed E-state index contributed by atoms with van der Waals surface area (Å²) in [6.07, 6.45) is 1.03. The average Bonchev–Trinajstić information content (AvgIpc) is 2.48. The van der Waals surface area contributed by atoms with E-state index in [1.807, 2.05) is 18.2 Å². The Morgan fingerprint density at radius 2 is 1.64 bits per heavy atom. The molecular weight excluding hydrogens is 302 g/mol. The van der Waals surface area contributed by atoms with Crippen molar-refractivity contribution in [1.82, 2.24) is 0 Å². The monoisotopic (exact) mass is 319 g/mol.